The molecule has 0 bridgehead atoms. The van der Waals surface area contributed by atoms with Gasteiger partial charge in [0.25, 0.3) is 0 Å². The van der Waals surface area contributed by atoms with E-state index < -0.39 is 0 Å². The molecule has 0 spiro atoms. The second-order valence-corrected chi connectivity index (χ2v) is 8.66. The smallest absolute Gasteiger partial charge is 0.238 e. The van der Waals surface area contributed by atoms with E-state index in [1.54, 1.807) is 0 Å². The first-order valence-electron chi connectivity index (χ1n) is 12.0. The van der Waals surface area contributed by atoms with Gasteiger partial charge in [0.2, 0.25) is 5.89 Å². The lowest BCUT2D eigenvalue weighted by molar-refractivity contribution is 0.314. The van der Waals surface area contributed by atoms with E-state index in [2.05, 4.69) is 54.9 Å². The van der Waals surface area contributed by atoms with Crippen LogP contribution in [-0.4, -0.2) is 18.1 Å². The lowest BCUT2D eigenvalue weighted by Gasteiger charge is -2.25. The van der Waals surface area contributed by atoms with Gasteiger partial charge in [-0.25, -0.2) is 4.98 Å². The number of ether oxygens (including phenoxy) is 2. The van der Waals surface area contributed by atoms with Crippen LogP contribution in [0.1, 0.15) is 39.1 Å². The SMILES string of the molecule is CCN(CC)c1ccc2c(c1)O/C(=C/C1=CC(=C(/C#N)c3nc4ccccc4o3)/C=C(C)O1)C=C2C. The summed E-state index contributed by atoms with van der Waals surface area (Å²) in [5, 5.41) is 9.95. The fraction of sp³-hybridized carbons (Fsp3) is 0.200. The topological polar surface area (TPSA) is 71.5 Å². The van der Waals surface area contributed by atoms with E-state index in [0.29, 0.717) is 39.5 Å². The summed E-state index contributed by atoms with van der Waals surface area (Å²) in [6.07, 6.45) is 7.45. The van der Waals surface area contributed by atoms with Crippen LogP contribution in [0, 0.1) is 11.3 Å². The molecule has 36 heavy (non-hydrogen) atoms. The maximum absolute atomic E-state index is 9.95. The summed E-state index contributed by atoms with van der Waals surface area (Å²) in [6, 6.07) is 16.0. The quantitative estimate of drug-likeness (QED) is 0.363. The van der Waals surface area contributed by atoms with E-state index in [9.17, 15) is 5.26 Å². The fourth-order valence-electron chi connectivity index (χ4n) is 4.45. The predicted molar refractivity (Wildman–Crippen MR) is 142 cm³/mol. The second-order valence-electron chi connectivity index (χ2n) is 8.66. The van der Waals surface area contributed by atoms with Crippen molar-refractivity contribution in [1.29, 1.82) is 5.26 Å². The molecule has 2 aromatic carbocycles. The number of nitriles is 1. The summed E-state index contributed by atoms with van der Waals surface area (Å²) in [5.41, 5.74) is 5.66. The molecule has 2 aliphatic heterocycles. The number of benzene rings is 2. The van der Waals surface area contributed by atoms with Gasteiger partial charge in [0.1, 0.15) is 40.2 Å². The molecule has 5 rings (SSSR count). The van der Waals surface area contributed by atoms with Gasteiger partial charge >= 0.3 is 0 Å². The van der Waals surface area contributed by atoms with Crippen LogP contribution >= 0.6 is 0 Å². The molecule has 0 amide bonds. The van der Waals surface area contributed by atoms with Crippen LogP contribution in [0.15, 0.2) is 94.0 Å². The molecule has 6 nitrogen and oxygen atoms in total. The Labute approximate surface area is 210 Å². The molecule has 180 valence electrons. The van der Waals surface area contributed by atoms with Crippen LogP contribution in [0.5, 0.6) is 5.75 Å². The molecule has 1 aromatic heterocycles. The Morgan fingerprint density at radius 1 is 1.03 bits per heavy atom. The maximum atomic E-state index is 9.95. The first-order valence-corrected chi connectivity index (χ1v) is 12.0. The number of aromatic nitrogens is 1. The van der Waals surface area contributed by atoms with Gasteiger partial charge in [0, 0.05) is 42.1 Å². The Morgan fingerprint density at radius 2 is 1.83 bits per heavy atom. The van der Waals surface area contributed by atoms with Crippen molar-refractivity contribution in [3.8, 4) is 11.8 Å². The van der Waals surface area contributed by atoms with Crippen molar-refractivity contribution in [3.63, 3.8) is 0 Å². The third kappa shape index (κ3) is 4.44. The molecule has 0 atom stereocenters. The molecule has 3 aromatic rings. The number of rotatable bonds is 5. The van der Waals surface area contributed by atoms with Crippen LogP contribution in [0.2, 0.25) is 0 Å². The predicted octanol–water partition coefficient (Wildman–Crippen LogP) is 7.15. The van der Waals surface area contributed by atoms with E-state index in [1.807, 2.05) is 55.5 Å². The van der Waals surface area contributed by atoms with Crippen molar-refractivity contribution in [2.75, 3.05) is 18.0 Å². The van der Waals surface area contributed by atoms with Crippen molar-refractivity contribution in [3.05, 3.63) is 101 Å². The normalized spacial score (nSPS) is 17.3. The molecule has 0 saturated carbocycles. The number of oxazole rings is 1. The fourth-order valence-corrected chi connectivity index (χ4v) is 4.45. The van der Waals surface area contributed by atoms with Crippen LogP contribution in [0.25, 0.3) is 22.2 Å². The lowest BCUT2D eigenvalue weighted by atomic mass is 10.0. The zero-order valence-corrected chi connectivity index (χ0v) is 20.8. The molecule has 0 N–H and O–H groups in total. The molecule has 6 heteroatoms. The van der Waals surface area contributed by atoms with Crippen LogP contribution < -0.4 is 9.64 Å². The average molecular weight is 478 g/mol. The van der Waals surface area contributed by atoms with Crippen molar-refractivity contribution >= 4 is 27.9 Å². The summed E-state index contributed by atoms with van der Waals surface area (Å²) in [6.45, 7) is 10.1. The van der Waals surface area contributed by atoms with Crippen molar-refractivity contribution in [1.82, 2.24) is 4.98 Å². The summed E-state index contributed by atoms with van der Waals surface area (Å²) in [5.74, 6) is 2.98. The van der Waals surface area contributed by atoms with Gasteiger partial charge < -0.3 is 18.8 Å². The highest BCUT2D eigenvalue weighted by Gasteiger charge is 2.20. The molecule has 0 unspecified atom stereocenters. The molecule has 0 fully saturated rings. The first-order chi connectivity index (χ1) is 17.5. The highest BCUT2D eigenvalue weighted by molar-refractivity contribution is 5.83. The third-order valence-electron chi connectivity index (χ3n) is 6.23. The van der Waals surface area contributed by atoms with Gasteiger partial charge in [-0.2, -0.15) is 5.26 Å². The summed E-state index contributed by atoms with van der Waals surface area (Å²) in [4.78, 5) is 6.78. The minimum absolute atomic E-state index is 0.283. The van der Waals surface area contributed by atoms with Gasteiger partial charge in [-0.3, -0.25) is 0 Å². The molecular formula is C30H27N3O3. The van der Waals surface area contributed by atoms with Gasteiger partial charge in [-0.15, -0.1) is 0 Å². The molecule has 3 heterocycles. The zero-order chi connectivity index (χ0) is 25.2. The molecule has 0 saturated heterocycles. The maximum Gasteiger partial charge on any atom is 0.238 e. The molecule has 0 radical (unpaired) electrons. The average Bonchev–Trinajstić information content (AvgIpc) is 3.28. The molecular weight excluding hydrogens is 450 g/mol. The van der Waals surface area contributed by atoms with Crippen molar-refractivity contribution < 1.29 is 13.9 Å². The summed E-state index contributed by atoms with van der Waals surface area (Å²) in [7, 11) is 0. The van der Waals surface area contributed by atoms with Gasteiger partial charge in [-0.1, -0.05) is 12.1 Å². The van der Waals surface area contributed by atoms with Gasteiger partial charge in [0.15, 0.2) is 5.58 Å². The third-order valence-corrected chi connectivity index (χ3v) is 6.23. The van der Waals surface area contributed by atoms with E-state index in [1.165, 1.54) is 0 Å². The van der Waals surface area contributed by atoms with E-state index >= 15 is 0 Å². The van der Waals surface area contributed by atoms with E-state index in [0.717, 1.165) is 35.7 Å². The largest absolute Gasteiger partial charge is 0.462 e. The monoisotopic (exact) mass is 477 g/mol. The number of anilines is 1. The van der Waals surface area contributed by atoms with Crippen molar-refractivity contribution in [2.24, 2.45) is 0 Å². The van der Waals surface area contributed by atoms with E-state index in [4.69, 9.17) is 13.9 Å². The Kier molecular flexibility index (Phi) is 6.22. The minimum Gasteiger partial charge on any atom is -0.462 e. The van der Waals surface area contributed by atoms with Gasteiger partial charge in [0.05, 0.1) is 0 Å². The highest BCUT2D eigenvalue weighted by Crippen LogP contribution is 2.37. The Hall–Kier alpha value is -4.50. The Bertz CT molecular complexity index is 1510. The number of hydrogen-bond donors (Lipinski definition) is 0. The minimum atomic E-state index is 0.283. The number of allylic oxidation sites excluding steroid dienone is 8. The molecule has 0 aliphatic carbocycles. The first kappa shape index (κ1) is 23.3. The van der Waals surface area contributed by atoms with Crippen LogP contribution in [0.3, 0.4) is 0 Å². The summed E-state index contributed by atoms with van der Waals surface area (Å²) >= 11 is 0. The number of hydrogen-bond acceptors (Lipinski definition) is 6. The lowest BCUT2D eigenvalue weighted by Crippen LogP contribution is -2.21. The zero-order valence-electron chi connectivity index (χ0n) is 20.8. The number of fused-ring (bicyclic) bond motifs is 2. The van der Waals surface area contributed by atoms with Crippen LogP contribution in [-0.2, 0) is 4.74 Å². The number of para-hydroxylation sites is 2. The number of nitrogens with zero attached hydrogens (tertiary/aromatic N) is 3. The van der Waals surface area contributed by atoms with E-state index in [-0.39, 0.29) is 5.89 Å². The van der Waals surface area contributed by atoms with Crippen molar-refractivity contribution in [2.45, 2.75) is 27.7 Å². The Morgan fingerprint density at radius 3 is 2.58 bits per heavy atom. The van der Waals surface area contributed by atoms with Gasteiger partial charge in [-0.05, 0) is 75.8 Å². The highest BCUT2D eigenvalue weighted by atomic mass is 16.5. The van der Waals surface area contributed by atoms with Crippen LogP contribution in [0.4, 0.5) is 5.69 Å². The summed E-state index contributed by atoms with van der Waals surface area (Å²) < 4.78 is 18.1. The Balaban J connectivity index is 1.51. The second kappa shape index (κ2) is 9.63. The molecule has 2 aliphatic rings. The standard InChI is InChI=1S/C30H27N3O3/c1-5-33(6-2)22-11-12-25-19(3)13-23(35-29(25)16-22)17-24-15-21(14-20(4)34-24)26(18-31)30-32-27-9-7-8-10-28(27)36-30/h7-17H,5-6H2,1-4H3/b23-17+,26-21-.